The van der Waals surface area contributed by atoms with Gasteiger partial charge in [0.15, 0.2) is 0 Å². The first-order valence-corrected chi connectivity index (χ1v) is 7.61. The summed E-state index contributed by atoms with van der Waals surface area (Å²) in [6.07, 6.45) is 0. The van der Waals surface area contributed by atoms with E-state index in [9.17, 15) is 14.9 Å². The Kier molecular flexibility index (Phi) is 5.58. The molecule has 0 fully saturated rings. The summed E-state index contributed by atoms with van der Waals surface area (Å²) in [5.41, 5.74) is -0.268. The number of nitrogens with zero attached hydrogens (tertiary/aromatic N) is 3. The molecular formula is C15H13Cl2N3O4. The molecule has 1 aromatic heterocycles. The van der Waals surface area contributed by atoms with Gasteiger partial charge in [0.05, 0.1) is 27.6 Å². The zero-order valence-electron chi connectivity index (χ0n) is 12.8. The summed E-state index contributed by atoms with van der Waals surface area (Å²) in [6.45, 7) is 1.79. The average molecular weight is 370 g/mol. The molecule has 7 nitrogen and oxygen atoms in total. The molecule has 2 aromatic rings. The van der Waals surface area contributed by atoms with E-state index in [1.807, 2.05) is 0 Å². The fourth-order valence-electron chi connectivity index (χ4n) is 2.11. The number of hydrogen-bond acceptors (Lipinski definition) is 5. The van der Waals surface area contributed by atoms with E-state index in [4.69, 9.17) is 27.9 Å². The Bertz CT molecular complexity index is 778. The summed E-state index contributed by atoms with van der Waals surface area (Å²) in [5.74, 6) is -0.577. The Morgan fingerprint density at radius 1 is 1.29 bits per heavy atom. The average Bonchev–Trinajstić information content (AvgIpc) is 2.55. The number of halogens is 2. The third-order valence-corrected chi connectivity index (χ3v) is 3.86. The van der Waals surface area contributed by atoms with Crippen LogP contribution in [-0.4, -0.2) is 29.5 Å². The first-order valence-electron chi connectivity index (χ1n) is 6.86. The molecule has 1 aromatic carbocycles. The number of nitro groups is 1. The summed E-state index contributed by atoms with van der Waals surface area (Å²) in [5, 5.41) is 11.6. The Morgan fingerprint density at radius 2 is 1.92 bits per heavy atom. The van der Waals surface area contributed by atoms with Gasteiger partial charge in [-0.3, -0.25) is 19.8 Å². The second-order valence-corrected chi connectivity index (χ2v) is 5.41. The second kappa shape index (κ2) is 7.46. The third-order valence-electron chi connectivity index (χ3n) is 3.23. The van der Waals surface area contributed by atoms with E-state index < -0.39 is 10.8 Å². The zero-order chi connectivity index (χ0) is 17.9. The molecule has 0 aliphatic carbocycles. The van der Waals surface area contributed by atoms with Crippen molar-refractivity contribution in [3.05, 3.63) is 56.1 Å². The van der Waals surface area contributed by atoms with Crippen molar-refractivity contribution in [2.75, 3.05) is 18.6 Å². The molecule has 0 spiro atoms. The van der Waals surface area contributed by atoms with Gasteiger partial charge in [0, 0.05) is 18.7 Å². The van der Waals surface area contributed by atoms with Gasteiger partial charge in [-0.05, 0) is 19.1 Å². The molecular weight excluding hydrogens is 357 g/mol. The molecule has 1 heterocycles. The molecule has 0 aliphatic heterocycles. The summed E-state index contributed by atoms with van der Waals surface area (Å²) in [7, 11) is 1.38. The number of carbonyl (C=O) groups is 1. The van der Waals surface area contributed by atoms with Crippen LogP contribution in [0.1, 0.15) is 17.3 Å². The molecule has 0 atom stereocenters. The molecule has 0 bridgehead atoms. The highest BCUT2D eigenvalue weighted by molar-refractivity contribution is 6.40. The van der Waals surface area contributed by atoms with E-state index in [2.05, 4.69) is 4.98 Å². The predicted octanol–water partition coefficient (Wildman–Crippen LogP) is 3.97. The quantitative estimate of drug-likeness (QED) is 0.587. The second-order valence-electron chi connectivity index (χ2n) is 4.60. The lowest BCUT2D eigenvalue weighted by Gasteiger charge is -2.21. The van der Waals surface area contributed by atoms with Crippen molar-refractivity contribution in [3.63, 3.8) is 0 Å². The lowest BCUT2D eigenvalue weighted by molar-refractivity contribution is -0.384. The van der Waals surface area contributed by atoms with Gasteiger partial charge in [-0.2, -0.15) is 4.98 Å². The molecule has 126 valence electrons. The van der Waals surface area contributed by atoms with Gasteiger partial charge in [0.1, 0.15) is 0 Å². The number of pyridine rings is 1. The van der Waals surface area contributed by atoms with E-state index in [1.165, 1.54) is 31.4 Å². The minimum absolute atomic E-state index is 0.0570. The van der Waals surface area contributed by atoms with Crippen molar-refractivity contribution in [3.8, 4) is 5.88 Å². The third kappa shape index (κ3) is 3.42. The van der Waals surface area contributed by atoms with Crippen LogP contribution in [0, 0.1) is 10.1 Å². The summed E-state index contributed by atoms with van der Waals surface area (Å²) >= 11 is 12.1. The van der Waals surface area contributed by atoms with Crippen LogP contribution in [0.4, 0.5) is 11.5 Å². The number of anilines is 1. The summed E-state index contributed by atoms with van der Waals surface area (Å²) in [4.78, 5) is 28.7. The van der Waals surface area contributed by atoms with Crippen LogP contribution in [0.15, 0.2) is 30.3 Å². The molecule has 0 aliphatic rings. The molecule has 24 heavy (non-hydrogen) atoms. The molecule has 0 radical (unpaired) electrons. The number of benzene rings is 1. The lowest BCUT2D eigenvalue weighted by atomic mass is 10.2. The fraction of sp³-hybridized carbons (Fsp3) is 0.200. The topological polar surface area (TPSA) is 85.6 Å². The van der Waals surface area contributed by atoms with Crippen LogP contribution >= 0.6 is 23.2 Å². The van der Waals surface area contributed by atoms with Crippen molar-refractivity contribution in [2.45, 2.75) is 6.92 Å². The lowest BCUT2D eigenvalue weighted by Crippen LogP contribution is -2.32. The predicted molar refractivity (Wildman–Crippen MR) is 91.3 cm³/mol. The standard InChI is InChI=1S/C15H13Cl2N3O4/c1-3-19(15(21)13-9(16)5-4-6-10(13)17)14-11(20(22)23)7-8-12(18-14)24-2/h4-8H,3H2,1-2H3. The largest absolute Gasteiger partial charge is 0.481 e. The van der Waals surface area contributed by atoms with E-state index in [1.54, 1.807) is 13.0 Å². The van der Waals surface area contributed by atoms with Crippen molar-refractivity contribution in [1.82, 2.24) is 4.98 Å². The smallest absolute Gasteiger partial charge is 0.312 e. The van der Waals surface area contributed by atoms with Crippen LogP contribution < -0.4 is 9.64 Å². The highest BCUT2D eigenvalue weighted by atomic mass is 35.5. The molecule has 2 rings (SSSR count). The van der Waals surface area contributed by atoms with Gasteiger partial charge in [0.2, 0.25) is 11.7 Å². The molecule has 9 heteroatoms. The van der Waals surface area contributed by atoms with Crippen LogP contribution in [0.2, 0.25) is 10.0 Å². The van der Waals surface area contributed by atoms with Gasteiger partial charge in [0.25, 0.3) is 5.91 Å². The highest BCUT2D eigenvalue weighted by Crippen LogP contribution is 2.32. The number of methoxy groups -OCH3 is 1. The van der Waals surface area contributed by atoms with E-state index in [-0.39, 0.29) is 39.5 Å². The van der Waals surface area contributed by atoms with Crippen LogP contribution in [0.3, 0.4) is 0 Å². The summed E-state index contributed by atoms with van der Waals surface area (Å²) < 4.78 is 4.99. The normalized spacial score (nSPS) is 10.3. The Balaban J connectivity index is 2.60. The number of ether oxygens (including phenoxy) is 1. The van der Waals surface area contributed by atoms with E-state index >= 15 is 0 Å². The maximum atomic E-state index is 12.8. The molecule has 0 saturated heterocycles. The zero-order valence-corrected chi connectivity index (χ0v) is 14.3. The maximum Gasteiger partial charge on any atom is 0.312 e. The van der Waals surface area contributed by atoms with Crippen LogP contribution in [0.5, 0.6) is 5.88 Å². The number of carbonyl (C=O) groups excluding carboxylic acids is 1. The number of aromatic nitrogens is 1. The molecule has 1 amide bonds. The SMILES string of the molecule is CCN(C(=O)c1c(Cl)cccc1Cl)c1nc(OC)ccc1[N+](=O)[O-]. The van der Waals surface area contributed by atoms with Crippen molar-refractivity contribution < 1.29 is 14.5 Å². The Labute approximate surface area is 147 Å². The van der Waals surface area contributed by atoms with Crippen LogP contribution in [-0.2, 0) is 0 Å². The number of hydrogen-bond donors (Lipinski definition) is 0. The van der Waals surface area contributed by atoms with Gasteiger partial charge in [-0.1, -0.05) is 29.3 Å². The maximum absolute atomic E-state index is 12.8. The minimum atomic E-state index is -0.619. The monoisotopic (exact) mass is 369 g/mol. The Morgan fingerprint density at radius 3 is 2.42 bits per heavy atom. The van der Waals surface area contributed by atoms with E-state index in [0.717, 1.165) is 4.90 Å². The summed E-state index contributed by atoms with van der Waals surface area (Å²) in [6, 6.07) is 7.21. The van der Waals surface area contributed by atoms with Gasteiger partial charge < -0.3 is 4.74 Å². The fourth-order valence-corrected chi connectivity index (χ4v) is 2.66. The van der Waals surface area contributed by atoms with Crippen LogP contribution in [0.25, 0.3) is 0 Å². The Hall–Kier alpha value is -2.38. The number of amides is 1. The molecule has 0 unspecified atom stereocenters. The first kappa shape index (κ1) is 18.0. The van der Waals surface area contributed by atoms with Crippen molar-refractivity contribution in [1.29, 1.82) is 0 Å². The van der Waals surface area contributed by atoms with E-state index in [0.29, 0.717) is 0 Å². The van der Waals surface area contributed by atoms with Gasteiger partial charge >= 0.3 is 5.69 Å². The molecule has 0 N–H and O–H groups in total. The first-order chi connectivity index (χ1) is 11.4. The van der Waals surface area contributed by atoms with Gasteiger partial charge in [-0.25, -0.2) is 0 Å². The highest BCUT2D eigenvalue weighted by Gasteiger charge is 2.29. The van der Waals surface area contributed by atoms with Crippen molar-refractivity contribution in [2.24, 2.45) is 0 Å². The number of rotatable bonds is 5. The van der Waals surface area contributed by atoms with Gasteiger partial charge in [-0.15, -0.1) is 0 Å². The minimum Gasteiger partial charge on any atom is -0.481 e. The molecule has 0 saturated carbocycles. The van der Waals surface area contributed by atoms with Crippen molar-refractivity contribution >= 4 is 40.6 Å².